The average molecular weight is 381 g/mol. The summed E-state index contributed by atoms with van der Waals surface area (Å²) in [6.45, 7) is 13.5. The minimum atomic E-state index is -2.95. The molecular weight excluding hydrogens is 344 g/mol. The van der Waals surface area contributed by atoms with E-state index in [-0.39, 0.29) is 17.4 Å². The van der Waals surface area contributed by atoms with E-state index in [0.717, 1.165) is 31.4 Å². The van der Waals surface area contributed by atoms with E-state index in [1.165, 1.54) is 12.0 Å². The predicted octanol–water partition coefficient (Wildman–Crippen LogP) is 4.83. The fourth-order valence-electron chi connectivity index (χ4n) is 2.63. The van der Waals surface area contributed by atoms with Crippen molar-refractivity contribution < 1.29 is 22.3 Å². The minimum Gasteiger partial charge on any atom is -0.391 e. The summed E-state index contributed by atoms with van der Waals surface area (Å²) in [5.74, 6) is 0.297. The lowest BCUT2D eigenvalue weighted by atomic mass is 10.0. The van der Waals surface area contributed by atoms with Crippen molar-refractivity contribution in [1.82, 2.24) is 0 Å². The highest BCUT2D eigenvalue weighted by Crippen LogP contribution is 2.38. The smallest absolute Gasteiger partial charge is 0.391 e. The highest BCUT2D eigenvalue weighted by Gasteiger charge is 2.53. The third-order valence-electron chi connectivity index (χ3n) is 3.76. The van der Waals surface area contributed by atoms with Crippen molar-refractivity contribution in [2.45, 2.75) is 72.8 Å². The molecule has 0 aliphatic carbocycles. The Kier molecular flexibility index (Phi) is 14.1. The van der Waals surface area contributed by atoms with Crippen LogP contribution in [0.15, 0.2) is 0 Å². The number of hydrogen-bond acceptors (Lipinski definition) is 6. The van der Waals surface area contributed by atoms with Gasteiger partial charge in [0.1, 0.15) is 0 Å². The molecule has 0 N–H and O–H groups in total. The third kappa shape index (κ3) is 7.87. The van der Waals surface area contributed by atoms with Crippen LogP contribution in [0.4, 0.5) is 0 Å². The molecule has 0 heterocycles. The van der Waals surface area contributed by atoms with Gasteiger partial charge in [0.05, 0.1) is 18.0 Å². The zero-order valence-corrected chi connectivity index (χ0v) is 18.1. The minimum absolute atomic E-state index is 0.0768. The number of hydrogen-bond donors (Lipinski definition) is 0. The van der Waals surface area contributed by atoms with E-state index in [2.05, 4.69) is 13.8 Å². The van der Waals surface area contributed by atoms with Gasteiger partial charge in [-0.15, -0.1) is 0 Å². The SMILES string of the molecule is CCCCC(C(C)C(=O)OSCCC)[Si](OCC)(OCC)OCC. The molecule has 0 aromatic heterocycles. The molecule has 0 saturated carbocycles. The standard InChI is InChI=1S/C17H36O5SSi/c1-7-12-13-16(15(6)17(18)22-23-14-8-2)24(19-9-3,20-10-4)21-11-5/h15-16H,7-14H2,1-6H3. The van der Waals surface area contributed by atoms with Crippen molar-refractivity contribution in [3.8, 4) is 0 Å². The summed E-state index contributed by atoms with van der Waals surface area (Å²) in [5.41, 5.74) is -0.0768. The maximum absolute atomic E-state index is 12.5. The quantitative estimate of drug-likeness (QED) is 0.230. The van der Waals surface area contributed by atoms with Crippen molar-refractivity contribution in [2.75, 3.05) is 25.6 Å². The number of unbranched alkanes of at least 4 members (excludes halogenated alkanes) is 1. The third-order valence-corrected chi connectivity index (χ3v) is 8.39. The fraction of sp³-hybridized carbons (Fsp3) is 0.941. The topological polar surface area (TPSA) is 54.0 Å². The van der Waals surface area contributed by atoms with Crippen LogP contribution in [-0.2, 0) is 22.3 Å². The van der Waals surface area contributed by atoms with Crippen LogP contribution in [0.1, 0.15) is 67.2 Å². The second kappa shape index (κ2) is 14.1. The van der Waals surface area contributed by atoms with Crippen molar-refractivity contribution in [1.29, 1.82) is 0 Å². The maximum Gasteiger partial charge on any atom is 0.505 e. The highest BCUT2D eigenvalue weighted by atomic mass is 32.2. The second-order valence-corrected chi connectivity index (χ2v) is 9.29. The van der Waals surface area contributed by atoms with E-state index in [1.54, 1.807) is 0 Å². The molecule has 0 spiro atoms. The molecule has 144 valence electrons. The first-order chi connectivity index (χ1) is 11.5. The van der Waals surface area contributed by atoms with Crippen molar-refractivity contribution in [3.05, 3.63) is 0 Å². The van der Waals surface area contributed by atoms with Crippen molar-refractivity contribution in [3.63, 3.8) is 0 Å². The lowest BCUT2D eigenvalue weighted by Gasteiger charge is -2.37. The Morgan fingerprint density at radius 1 is 0.958 bits per heavy atom. The summed E-state index contributed by atoms with van der Waals surface area (Å²) in [7, 11) is -2.95. The first-order valence-electron chi connectivity index (χ1n) is 9.27. The number of carbonyl (C=O) groups excluding carboxylic acids is 1. The molecule has 0 saturated heterocycles. The van der Waals surface area contributed by atoms with Crippen LogP contribution < -0.4 is 0 Å². The van der Waals surface area contributed by atoms with E-state index in [4.69, 9.17) is 17.5 Å². The van der Waals surface area contributed by atoms with E-state index in [1.807, 2.05) is 27.7 Å². The Morgan fingerprint density at radius 3 is 1.92 bits per heavy atom. The number of carbonyl (C=O) groups is 1. The van der Waals surface area contributed by atoms with E-state index >= 15 is 0 Å². The summed E-state index contributed by atoms with van der Waals surface area (Å²) in [6.07, 6.45) is 3.88. The second-order valence-electron chi connectivity index (χ2n) is 5.66. The Labute approximate surface area is 153 Å². The monoisotopic (exact) mass is 380 g/mol. The normalized spacial score (nSPS) is 14.4. The molecule has 2 atom stereocenters. The molecule has 0 aromatic carbocycles. The Balaban J connectivity index is 5.35. The molecule has 2 unspecified atom stereocenters. The maximum atomic E-state index is 12.5. The molecule has 7 heteroatoms. The van der Waals surface area contributed by atoms with Gasteiger partial charge in [-0.25, -0.2) is 0 Å². The summed E-state index contributed by atoms with van der Waals surface area (Å²) in [4.78, 5) is 12.5. The zero-order valence-electron chi connectivity index (χ0n) is 16.3. The summed E-state index contributed by atoms with van der Waals surface area (Å²) in [6, 6.07) is 0. The van der Waals surface area contributed by atoms with Gasteiger partial charge in [-0.05, 0) is 33.6 Å². The Morgan fingerprint density at radius 2 is 1.50 bits per heavy atom. The molecule has 24 heavy (non-hydrogen) atoms. The molecule has 0 radical (unpaired) electrons. The fourth-order valence-corrected chi connectivity index (χ4v) is 6.55. The summed E-state index contributed by atoms with van der Waals surface area (Å²) in [5, 5.41) is 0. The van der Waals surface area contributed by atoms with Gasteiger partial charge in [0.15, 0.2) is 0 Å². The highest BCUT2D eigenvalue weighted by molar-refractivity contribution is 7.95. The Hall–Kier alpha value is -0.0831. The summed E-state index contributed by atoms with van der Waals surface area (Å²) >= 11 is 1.23. The van der Waals surface area contributed by atoms with Crippen LogP contribution in [0, 0.1) is 5.92 Å². The lowest BCUT2D eigenvalue weighted by molar-refractivity contribution is -0.138. The van der Waals surface area contributed by atoms with Crippen molar-refractivity contribution in [2.24, 2.45) is 5.92 Å². The van der Waals surface area contributed by atoms with E-state index in [0.29, 0.717) is 19.8 Å². The molecule has 0 aromatic rings. The van der Waals surface area contributed by atoms with Crippen LogP contribution in [0.5, 0.6) is 0 Å². The van der Waals surface area contributed by atoms with Crippen LogP contribution >= 0.6 is 12.0 Å². The van der Waals surface area contributed by atoms with E-state index < -0.39 is 8.80 Å². The van der Waals surface area contributed by atoms with Gasteiger partial charge in [-0.2, -0.15) is 0 Å². The van der Waals surface area contributed by atoms with Crippen LogP contribution in [-0.4, -0.2) is 40.3 Å². The van der Waals surface area contributed by atoms with Gasteiger partial charge < -0.3 is 17.5 Å². The van der Waals surface area contributed by atoms with Gasteiger partial charge in [-0.3, -0.25) is 4.79 Å². The molecule has 0 amide bonds. The molecule has 0 rings (SSSR count). The van der Waals surface area contributed by atoms with E-state index in [9.17, 15) is 4.79 Å². The van der Waals surface area contributed by atoms with Crippen LogP contribution in [0.3, 0.4) is 0 Å². The molecule has 0 fully saturated rings. The molecule has 0 aliphatic rings. The summed E-state index contributed by atoms with van der Waals surface area (Å²) < 4.78 is 23.5. The first-order valence-corrected chi connectivity index (χ1v) is 12.0. The van der Waals surface area contributed by atoms with Crippen LogP contribution in [0.25, 0.3) is 0 Å². The van der Waals surface area contributed by atoms with Gasteiger partial charge in [0.2, 0.25) is 0 Å². The van der Waals surface area contributed by atoms with Gasteiger partial charge in [0, 0.05) is 31.1 Å². The first kappa shape index (κ1) is 23.9. The molecule has 0 aliphatic heterocycles. The lowest BCUT2D eigenvalue weighted by Crippen LogP contribution is -2.53. The van der Waals surface area contributed by atoms with Crippen molar-refractivity contribution >= 4 is 26.8 Å². The average Bonchev–Trinajstić information content (AvgIpc) is 2.55. The molecule has 5 nitrogen and oxygen atoms in total. The van der Waals surface area contributed by atoms with Gasteiger partial charge >= 0.3 is 14.8 Å². The number of rotatable bonds is 15. The van der Waals surface area contributed by atoms with Gasteiger partial charge in [-0.1, -0.05) is 33.6 Å². The van der Waals surface area contributed by atoms with Gasteiger partial charge in [0.25, 0.3) is 0 Å². The van der Waals surface area contributed by atoms with Crippen LogP contribution in [0.2, 0.25) is 5.54 Å². The zero-order chi connectivity index (χ0) is 18.4. The largest absolute Gasteiger partial charge is 0.505 e. The predicted molar refractivity (Wildman–Crippen MR) is 102 cm³/mol. The molecule has 0 bridgehead atoms. The Bertz CT molecular complexity index is 313. The molecular formula is C17H36O5SSi.